The Kier molecular flexibility index (Phi) is 7.76. The summed E-state index contributed by atoms with van der Waals surface area (Å²) in [6, 6.07) is 0. The Hall–Kier alpha value is 2.43. The molecular weight excluding hydrogens is 469 g/mol. The molecule has 0 aromatic carbocycles. The molecule has 0 aromatic heterocycles. The third-order valence-corrected chi connectivity index (χ3v) is 0.957. The van der Waals surface area contributed by atoms with E-state index in [2.05, 4.69) is 13.8 Å². The normalized spacial score (nSPS) is 16.6. The average molecular weight is 483 g/mol. The number of unbranched alkanes of at least 4 members (excludes halogenated alkanes) is 3. The van der Waals surface area contributed by atoms with Gasteiger partial charge in [-0.25, -0.2) is 0 Å². The SMILES string of the molecule is CCCCCC.[Cl][W]([Cl])([Cl])([Cl])([Cl])[Cl]. The Morgan fingerprint density at radius 1 is 0.692 bits per heavy atom. The van der Waals surface area contributed by atoms with E-state index in [4.69, 9.17) is 56.5 Å². The van der Waals surface area contributed by atoms with Gasteiger partial charge in [-0.3, -0.25) is 0 Å². The molecule has 0 bridgehead atoms. The second-order valence-electron chi connectivity index (χ2n) is 2.58. The first kappa shape index (κ1) is 17.8. The number of rotatable bonds is 3. The Morgan fingerprint density at radius 3 is 0.923 bits per heavy atom. The van der Waals surface area contributed by atoms with Gasteiger partial charge in [0.05, 0.1) is 0 Å². The van der Waals surface area contributed by atoms with E-state index in [9.17, 15) is 0 Å². The molecule has 0 radical (unpaired) electrons. The van der Waals surface area contributed by atoms with Crippen molar-refractivity contribution in [3.8, 4) is 0 Å². The molecule has 0 rings (SSSR count). The Balaban J connectivity index is 0. The maximum atomic E-state index is 5.07. The zero-order valence-electron chi connectivity index (χ0n) is 7.50. The van der Waals surface area contributed by atoms with Gasteiger partial charge in [0.2, 0.25) is 0 Å². The Labute approximate surface area is 102 Å². The van der Waals surface area contributed by atoms with Crippen LogP contribution < -0.4 is 0 Å². The van der Waals surface area contributed by atoms with Crippen LogP contribution in [0.15, 0.2) is 0 Å². The van der Waals surface area contributed by atoms with Crippen LogP contribution in [0.2, 0.25) is 0 Å². The Bertz CT molecular complexity index is 116. The first-order chi connectivity index (χ1) is 5.36. The van der Waals surface area contributed by atoms with Gasteiger partial charge in [0, 0.05) is 0 Å². The van der Waals surface area contributed by atoms with Crippen LogP contribution >= 0.6 is 56.5 Å². The standard InChI is InChI=1S/C6H14.6ClH.W/c1-3-5-6-4-2;;;;;;;/h3-6H2,1-2H3;6*1H;/q;;;;;;;+6/p-6. The molecule has 0 saturated carbocycles. The first-order valence-corrected chi connectivity index (χ1v) is 25.6. The quantitative estimate of drug-likeness (QED) is 0.392. The summed E-state index contributed by atoms with van der Waals surface area (Å²) in [6.45, 7) is 4.46. The van der Waals surface area contributed by atoms with Crippen LogP contribution in [0.1, 0.15) is 39.5 Å². The van der Waals surface area contributed by atoms with E-state index in [1.54, 1.807) is 0 Å². The summed E-state index contributed by atoms with van der Waals surface area (Å²) in [4.78, 5) is 0. The van der Waals surface area contributed by atoms with Crippen LogP contribution in [-0.2, 0) is 7.31 Å². The molecule has 0 fully saturated rings. The van der Waals surface area contributed by atoms with Gasteiger partial charge in [-0.1, -0.05) is 39.5 Å². The molecule has 0 nitrogen and oxygen atoms in total. The minimum absolute atomic E-state index is 1.36. The summed E-state index contributed by atoms with van der Waals surface area (Å²) in [7, 11) is 24.9. The number of hydrogen-bond acceptors (Lipinski definition) is 0. The van der Waals surface area contributed by atoms with Crippen LogP contribution in [-0.4, -0.2) is 0 Å². The van der Waals surface area contributed by atoms with E-state index in [0.717, 1.165) is 0 Å². The van der Waals surface area contributed by atoms with E-state index < -0.39 is 7.31 Å². The molecule has 0 saturated heterocycles. The van der Waals surface area contributed by atoms with Crippen LogP contribution in [0.3, 0.4) is 0 Å². The summed E-state index contributed by atoms with van der Waals surface area (Å²) in [5.74, 6) is 0. The molecule has 0 unspecified atom stereocenters. The van der Waals surface area contributed by atoms with Crippen molar-refractivity contribution in [2.75, 3.05) is 0 Å². The van der Waals surface area contributed by atoms with Crippen molar-refractivity contribution in [2.24, 2.45) is 0 Å². The molecule has 7 heteroatoms. The van der Waals surface area contributed by atoms with Gasteiger partial charge >= 0.3 is 63.8 Å². The fourth-order valence-corrected chi connectivity index (χ4v) is 0.500. The van der Waals surface area contributed by atoms with Crippen LogP contribution in [0.5, 0.6) is 0 Å². The van der Waals surface area contributed by atoms with Crippen molar-refractivity contribution in [1.29, 1.82) is 0 Å². The van der Waals surface area contributed by atoms with Gasteiger partial charge in [0.1, 0.15) is 0 Å². The van der Waals surface area contributed by atoms with Crippen molar-refractivity contribution in [3.05, 3.63) is 0 Å². The molecule has 0 spiro atoms. The molecule has 0 amide bonds. The third kappa shape index (κ3) is 75.6. The summed E-state index contributed by atoms with van der Waals surface area (Å²) >= 11 is 0. The monoisotopic (exact) mass is 480 g/mol. The topological polar surface area (TPSA) is 0 Å². The van der Waals surface area contributed by atoms with E-state index in [1.807, 2.05) is 0 Å². The molecular formula is C6H14Cl6W. The van der Waals surface area contributed by atoms with Gasteiger partial charge in [-0.05, 0) is 0 Å². The predicted molar refractivity (Wildman–Crippen MR) is 64.9 cm³/mol. The van der Waals surface area contributed by atoms with Gasteiger partial charge in [-0.15, -0.1) is 0 Å². The van der Waals surface area contributed by atoms with Crippen molar-refractivity contribution in [3.63, 3.8) is 0 Å². The first-order valence-electron chi connectivity index (χ1n) is 3.84. The fraction of sp³-hybridized carbons (Fsp3) is 1.00. The summed E-state index contributed by atoms with van der Waals surface area (Å²) in [5, 5.41) is 0. The minimum atomic E-state index is -5.47. The Morgan fingerprint density at radius 2 is 0.846 bits per heavy atom. The number of halogens is 6. The summed E-state index contributed by atoms with van der Waals surface area (Å²) in [5.41, 5.74) is 0. The van der Waals surface area contributed by atoms with E-state index in [-0.39, 0.29) is 0 Å². The fourth-order valence-electron chi connectivity index (χ4n) is 0.500. The predicted octanol–water partition coefficient (Wildman–Crippen LogP) is 6.72. The maximum absolute atomic E-state index is 5.47. The molecule has 0 N–H and O–H groups in total. The van der Waals surface area contributed by atoms with Crippen LogP contribution in [0, 0.1) is 0 Å². The van der Waals surface area contributed by atoms with Crippen molar-refractivity contribution in [2.45, 2.75) is 39.5 Å². The molecule has 0 aromatic rings. The third-order valence-electron chi connectivity index (χ3n) is 0.957. The van der Waals surface area contributed by atoms with E-state index in [0.29, 0.717) is 0 Å². The van der Waals surface area contributed by atoms with Gasteiger partial charge < -0.3 is 0 Å². The molecule has 0 aliphatic rings. The zero-order valence-corrected chi connectivity index (χ0v) is 15.0. The second kappa shape index (κ2) is 5.67. The van der Waals surface area contributed by atoms with Gasteiger partial charge in [0.15, 0.2) is 0 Å². The second-order valence-corrected chi connectivity index (χ2v) is 66.2. The molecule has 0 aliphatic carbocycles. The van der Waals surface area contributed by atoms with E-state index in [1.165, 1.54) is 25.7 Å². The number of hydrogen-bond donors (Lipinski definition) is 0. The molecule has 86 valence electrons. The van der Waals surface area contributed by atoms with Crippen LogP contribution in [0.25, 0.3) is 0 Å². The van der Waals surface area contributed by atoms with Crippen molar-refractivity contribution >= 4 is 56.5 Å². The molecule has 13 heavy (non-hydrogen) atoms. The van der Waals surface area contributed by atoms with Gasteiger partial charge in [0.25, 0.3) is 0 Å². The van der Waals surface area contributed by atoms with E-state index >= 15 is 0 Å². The zero-order chi connectivity index (χ0) is 11.2. The molecule has 0 heterocycles. The van der Waals surface area contributed by atoms with Crippen LogP contribution in [0.4, 0.5) is 0 Å². The molecule has 0 atom stereocenters. The summed E-state index contributed by atoms with van der Waals surface area (Å²) in [6.07, 6.45) is 5.54. The van der Waals surface area contributed by atoms with Crippen molar-refractivity contribution in [1.82, 2.24) is 0 Å². The average Bonchev–Trinajstić information content (AvgIpc) is 1.76. The van der Waals surface area contributed by atoms with Crippen molar-refractivity contribution < 1.29 is 7.31 Å². The summed E-state index contributed by atoms with van der Waals surface area (Å²) < 4.78 is 0. The molecule has 0 aliphatic heterocycles. The van der Waals surface area contributed by atoms with Gasteiger partial charge in [-0.2, -0.15) is 0 Å².